The first-order valence-electron chi connectivity index (χ1n) is 9.43. The molecule has 8 heteroatoms. The minimum atomic E-state index is -0.588. The Kier molecular flexibility index (Phi) is 6.70. The molecule has 1 aliphatic carbocycles. The molecule has 0 unspecified atom stereocenters. The number of carbonyl (C=O) groups excluding carboxylic acids is 1. The zero-order valence-corrected chi connectivity index (χ0v) is 17.2. The van der Waals surface area contributed by atoms with E-state index in [2.05, 4.69) is 5.32 Å². The summed E-state index contributed by atoms with van der Waals surface area (Å²) in [5, 5.41) is 3.58. The maximum absolute atomic E-state index is 14.1. The molecule has 1 aliphatic heterocycles. The number of halogens is 2. The lowest BCUT2D eigenvalue weighted by Gasteiger charge is -2.34. The predicted molar refractivity (Wildman–Crippen MR) is 111 cm³/mol. The van der Waals surface area contributed by atoms with Gasteiger partial charge in [0, 0.05) is 37.0 Å². The minimum Gasteiger partial charge on any atom is -0.381 e. The quantitative estimate of drug-likeness (QED) is 0.736. The van der Waals surface area contributed by atoms with E-state index in [1.807, 2.05) is 6.07 Å². The lowest BCUT2D eigenvalue weighted by Crippen LogP contribution is -2.46. The van der Waals surface area contributed by atoms with Crippen molar-refractivity contribution in [3.63, 3.8) is 0 Å². The van der Waals surface area contributed by atoms with Gasteiger partial charge in [-0.15, -0.1) is 23.7 Å². The fourth-order valence-electron chi connectivity index (χ4n) is 3.55. The Morgan fingerprint density at radius 2 is 2.04 bits per heavy atom. The molecule has 0 bridgehead atoms. The number of ether oxygens (including phenoxy) is 1. The normalized spacial score (nSPS) is 18.4. The van der Waals surface area contributed by atoms with Crippen molar-refractivity contribution in [3.8, 4) is 0 Å². The van der Waals surface area contributed by atoms with Gasteiger partial charge in [-0.25, -0.2) is 9.37 Å². The fourth-order valence-corrected chi connectivity index (χ4v) is 4.62. The van der Waals surface area contributed by atoms with Crippen LogP contribution in [0.5, 0.6) is 0 Å². The molecule has 0 radical (unpaired) electrons. The third kappa shape index (κ3) is 4.38. The summed E-state index contributed by atoms with van der Waals surface area (Å²) in [7, 11) is 0. The SMILES string of the molecule is Cl.NCC1(C(=O)Nc2nc(C3CC3)c(Cc3ccccc3F)s2)CCOCC1. The van der Waals surface area contributed by atoms with Gasteiger partial charge in [-0.05, 0) is 37.3 Å². The van der Waals surface area contributed by atoms with Gasteiger partial charge in [0.05, 0.1) is 11.1 Å². The molecule has 1 aromatic heterocycles. The molecule has 2 heterocycles. The average Bonchev–Trinajstić information content (AvgIpc) is 3.46. The van der Waals surface area contributed by atoms with Gasteiger partial charge in [0.25, 0.3) is 0 Å². The van der Waals surface area contributed by atoms with Crippen molar-refractivity contribution < 1.29 is 13.9 Å². The maximum Gasteiger partial charge on any atom is 0.233 e. The lowest BCUT2D eigenvalue weighted by atomic mass is 9.79. The van der Waals surface area contributed by atoms with Gasteiger partial charge in [-0.1, -0.05) is 18.2 Å². The Balaban J connectivity index is 0.00000225. The summed E-state index contributed by atoms with van der Waals surface area (Å²) in [5.41, 5.74) is 7.01. The van der Waals surface area contributed by atoms with Gasteiger partial charge in [0.15, 0.2) is 5.13 Å². The number of rotatable bonds is 6. The molecular formula is C20H25ClFN3O2S. The van der Waals surface area contributed by atoms with E-state index >= 15 is 0 Å². The smallest absolute Gasteiger partial charge is 0.233 e. The molecule has 1 aromatic carbocycles. The molecule has 0 spiro atoms. The molecule has 152 valence electrons. The van der Waals surface area contributed by atoms with Crippen molar-refractivity contribution in [1.29, 1.82) is 0 Å². The van der Waals surface area contributed by atoms with Crippen molar-refractivity contribution >= 4 is 34.8 Å². The highest BCUT2D eigenvalue weighted by Crippen LogP contribution is 2.44. The fraction of sp³-hybridized carbons (Fsp3) is 0.500. The highest BCUT2D eigenvalue weighted by atomic mass is 35.5. The summed E-state index contributed by atoms with van der Waals surface area (Å²) in [6.45, 7) is 1.40. The Morgan fingerprint density at radius 3 is 2.68 bits per heavy atom. The Labute approximate surface area is 174 Å². The van der Waals surface area contributed by atoms with E-state index in [1.54, 1.807) is 12.1 Å². The number of carbonyl (C=O) groups is 1. The van der Waals surface area contributed by atoms with Gasteiger partial charge >= 0.3 is 0 Å². The number of nitrogens with two attached hydrogens (primary N) is 1. The Bertz CT molecular complexity index is 835. The second-order valence-electron chi connectivity index (χ2n) is 7.42. The number of anilines is 1. The first-order valence-corrected chi connectivity index (χ1v) is 10.3. The van der Waals surface area contributed by atoms with E-state index < -0.39 is 5.41 Å². The number of nitrogens with one attached hydrogen (secondary N) is 1. The van der Waals surface area contributed by atoms with Crippen LogP contribution in [0.1, 0.15) is 47.7 Å². The minimum absolute atomic E-state index is 0. The number of benzene rings is 1. The number of hydrogen-bond donors (Lipinski definition) is 2. The van der Waals surface area contributed by atoms with Crippen LogP contribution in [0, 0.1) is 11.2 Å². The molecule has 1 saturated carbocycles. The van der Waals surface area contributed by atoms with E-state index in [0.29, 0.717) is 55.6 Å². The summed E-state index contributed by atoms with van der Waals surface area (Å²) < 4.78 is 19.5. The van der Waals surface area contributed by atoms with Gasteiger partial charge in [-0.2, -0.15) is 0 Å². The van der Waals surface area contributed by atoms with Crippen LogP contribution in [0.2, 0.25) is 0 Å². The second kappa shape index (κ2) is 8.86. The lowest BCUT2D eigenvalue weighted by molar-refractivity contribution is -0.130. The highest BCUT2D eigenvalue weighted by Gasteiger charge is 2.39. The predicted octanol–water partition coefficient (Wildman–Crippen LogP) is 3.87. The summed E-state index contributed by atoms with van der Waals surface area (Å²) >= 11 is 1.45. The van der Waals surface area contributed by atoms with Crippen molar-refractivity contribution in [2.75, 3.05) is 25.1 Å². The van der Waals surface area contributed by atoms with Crippen molar-refractivity contribution in [2.45, 2.75) is 38.0 Å². The first-order chi connectivity index (χ1) is 13.1. The maximum atomic E-state index is 14.1. The van der Waals surface area contributed by atoms with Gasteiger partial charge in [0.1, 0.15) is 5.82 Å². The van der Waals surface area contributed by atoms with Crippen molar-refractivity contribution in [2.24, 2.45) is 11.1 Å². The van der Waals surface area contributed by atoms with Crippen LogP contribution in [0.3, 0.4) is 0 Å². The molecule has 1 amide bonds. The topological polar surface area (TPSA) is 77.2 Å². The second-order valence-corrected chi connectivity index (χ2v) is 8.50. The standard InChI is InChI=1S/C20H24FN3O2S.ClH/c21-15-4-2-1-3-14(15)11-16-17(13-5-6-13)23-19(27-16)24-18(25)20(12-22)7-9-26-10-8-20;/h1-4,13H,5-12,22H2,(H,23,24,25);1H. The molecule has 3 N–H and O–H groups in total. The summed E-state index contributed by atoms with van der Waals surface area (Å²) in [5.74, 6) is 0.143. The van der Waals surface area contributed by atoms with E-state index in [9.17, 15) is 9.18 Å². The van der Waals surface area contributed by atoms with E-state index in [1.165, 1.54) is 17.4 Å². The molecule has 4 rings (SSSR count). The molecule has 5 nitrogen and oxygen atoms in total. The van der Waals surface area contributed by atoms with Crippen molar-refractivity contribution in [1.82, 2.24) is 4.98 Å². The van der Waals surface area contributed by atoms with Crippen LogP contribution in [-0.4, -0.2) is 30.6 Å². The van der Waals surface area contributed by atoms with Crippen LogP contribution in [0.4, 0.5) is 9.52 Å². The number of hydrogen-bond acceptors (Lipinski definition) is 5. The van der Waals surface area contributed by atoms with Crippen LogP contribution in [0.15, 0.2) is 24.3 Å². The average molecular weight is 426 g/mol. The van der Waals surface area contributed by atoms with Gasteiger partial charge < -0.3 is 15.8 Å². The molecule has 0 atom stereocenters. The Morgan fingerprint density at radius 1 is 1.32 bits per heavy atom. The molecule has 2 fully saturated rings. The number of nitrogens with zero attached hydrogens (tertiary/aromatic N) is 1. The van der Waals surface area contributed by atoms with Gasteiger partial charge in [0.2, 0.25) is 5.91 Å². The van der Waals surface area contributed by atoms with E-state index in [0.717, 1.165) is 23.4 Å². The van der Waals surface area contributed by atoms with Gasteiger partial charge in [-0.3, -0.25) is 4.79 Å². The summed E-state index contributed by atoms with van der Waals surface area (Å²) in [6, 6.07) is 6.82. The molecule has 2 aromatic rings. The zero-order valence-electron chi connectivity index (χ0n) is 15.6. The Hall–Kier alpha value is -1.54. The molecular weight excluding hydrogens is 401 g/mol. The van der Waals surface area contributed by atoms with Crippen LogP contribution < -0.4 is 11.1 Å². The number of thiazole rings is 1. The van der Waals surface area contributed by atoms with Crippen LogP contribution in [-0.2, 0) is 16.0 Å². The largest absolute Gasteiger partial charge is 0.381 e. The van der Waals surface area contributed by atoms with Crippen LogP contribution in [0.25, 0.3) is 0 Å². The zero-order chi connectivity index (χ0) is 18.9. The van der Waals surface area contributed by atoms with E-state index in [-0.39, 0.29) is 24.1 Å². The monoisotopic (exact) mass is 425 g/mol. The van der Waals surface area contributed by atoms with E-state index in [4.69, 9.17) is 15.5 Å². The van der Waals surface area contributed by atoms with Crippen LogP contribution >= 0.6 is 23.7 Å². The summed E-state index contributed by atoms with van der Waals surface area (Å²) in [4.78, 5) is 18.6. The number of aromatic nitrogens is 1. The third-order valence-corrected chi connectivity index (χ3v) is 6.53. The van der Waals surface area contributed by atoms with Crippen molar-refractivity contribution in [3.05, 3.63) is 46.2 Å². The summed E-state index contributed by atoms with van der Waals surface area (Å²) in [6.07, 6.45) is 3.95. The molecule has 2 aliphatic rings. The molecule has 28 heavy (non-hydrogen) atoms. The number of amides is 1. The first kappa shape index (κ1) is 21.2. The molecule has 1 saturated heterocycles. The third-order valence-electron chi connectivity index (χ3n) is 5.54. The highest BCUT2D eigenvalue weighted by molar-refractivity contribution is 7.15.